The van der Waals surface area contributed by atoms with Crippen LogP contribution in [0.1, 0.15) is 38.3 Å². The van der Waals surface area contributed by atoms with Gasteiger partial charge in [0, 0.05) is 32.4 Å². The van der Waals surface area contributed by atoms with E-state index in [1.165, 1.54) is 4.31 Å². The van der Waals surface area contributed by atoms with Gasteiger partial charge in [0.2, 0.25) is 10.0 Å². The summed E-state index contributed by atoms with van der Waals surface area (Å²) in [5, 5.41) is -0.107. The fourth-order valence-electron chi connectivity index (χ4n) is 3.44. The molecule has 2 aromatic rings. The van der Waals surface area contributed by atoms with Crippen molar-refractivity contribution in [2.24, 2.45) is 0 Å². The molecule has 1 fully saturated rings. The van der Waals surface area contributed by atoms with Gasteiger partial charge in [-0.1, -0.05) is 44.5 Å². The van der Waals surface area contributed by atoms with Crippen LogP contribution in [0.3, 0.4) is 0 Å². The van der Waals surface area contributed by atoms with Crippen molar-refractivity contribution >= 4 is 27.4 Å². The maximum atomic E-state index is 13.1. The van der Waals surface area contributed by atoms with E-state index in [0.717, 1.165) is 17.8 Å². The monoisotopic (exact) mass is 475 g/mol. The summed E-state index contributed by atoms with van der Waals surface area (Å²) in [6.45, 7) is 7.37. The van der Waals surface area contributed by atoms with Crippen LogP contribution in [0.5, 0.6) is 0 Å². The summed E-state index contributed by atoms with van der Waals surface area (Å²) in [6, 6.07) is 7.73. The van der Waals surface area contributed by atoms with Crippen LogP contribution in [-0.2, 0) is 21.6 Å². The van der Waals surface area contributed by atoms with Crippen LogP contribution < -0.4 is 4.90 Å². The number of aromatic nitrogens is 1. The Morgan fingerprint density at radius 1 is 0.968 bits per heavy atom. The minimum Gasteiger partial charge on any atom is -0.354 e. The van der Waals surface area contributed by atoms with E-state index in [1.54, 1.807) is 17.0 Å². The van der Waals surface area contributed by atoms with Crippen LogP contribution in [0.2, 0.25) is 5.02 Å². The number of sulfonamides is 1. The van der Waals surface area contributed by atoms with Gasteiger partial charge in [-0.05, 0) is 35.6 Å². The second-order valence-corrected chi connectivity index (χ2v) is 10.9. The molecule has 0 saturated carbocycles. The van der Waals surface area contributed by atoms with Crippen LogP contribution in [-0.4, -0.2) is 43.9 Å². The molecule has 1 aromatic heterocycles. The number of nitrogens with zero attached hydrogens (tertiary/aromatic N) is 3. The number of alkyl halides is 3. The van der Waals surface area contributed by atoms with Gasteiger partial charge < -0.3 is 4.90 Å². The predicted octanol–water partition coefficient (Wildman–Crippen LogP) is 4.95. The quantitative estimate of drug-likeness (QED) is 0.630. The molecule has 170 valence electrons. The van der Waals surface area contributed by atoms with E-state index in [1.807, 2.05) is 12.1 Å². The molecular formula is C21H25ClF3N3O2S. The minimum absolute atomic E-state index is 0.0840. The van der Waals surface area contributed by atoms with E-state index in [-0.39, 0.29) is 34.2 Å². The second-order valence-electron chi connectivity index (χ2n) is 8.55. The first-order valence-electron chi connectivity index (χ1n) is 9.88. The highest BCUT2D eigenvalue weighted by molar-refractivity contribution is 7.89. The third-order valence-corrected chi connectivity index (χ3v) is 7.45. The van der Waals surface area contributed by atoms with Crippen LogP contribution in [0.4, 0.5) is 19.0 Å². The van der Waals surface area contributed by atoms with Gasteiger partial charge in [-0.15, -0.1) is 0 Å². The molecule has 1 aliphatic heterocycles. The van der Waals surface area contributed by atoms with Gasteiger partial charge >= 0.3 is 6.18 Å². The molecule has 0 unspecified atom stereocenters. The molecular weight excluding hydrogens is 451 g/mol. The third kappa shape index (κ3) is 5.32. The molecule has 0 amide bonds. The fraction of sp³-hybridized carbons (Fsp3) is 0.476. The summed E-state index contributed by atoms with van der Waals surface area (Å²) in [7, 11) is -3.68. The van der Waals surface area contributed by atoms with Crippen molar-refractivity contribution < 1.29 is 21.6 Å². The topological polar surface area (TPSA) is 53.5 Å². The molecule has 0 aliphatic carbocycles. The van der Waals surface area contributed by atoms with Gasteiger partial charge in [0.05, 0.1) is 15.5 Å². The van der Waals surface area contributed by atoms with Gasteiger partial charge in [-0.2, -0.15) is 17.5 Å². The molecule has 31 heavy (non-hydrogen) atoms. The number of halogens is 4. The molecule has 1 aliphatic rings. The average molecular weight is 476 g/mol. The largest absolute Gasteiger partial charge is 0.417 e. The lowest BCUT2D eigenvalue weighted by Crippen LogP contribution is -2.35. The van der Waals surface area contributed by atoms with Crippen LogP contribution in [0.25, 0.3) is 0 Å². The highest BCUT2D eigenvalue weighted by atomic mass is 35.5. The number of pyridine rings is 1. The Kier molecular flexibility index (Phi) is 6.60. The zero-order chi connectivity index (χ0) is 23.0. The number of hydrogen-bond donors (Lipinski definition) is 0. The van der Waals surface area contributed by atoms with E-state index in [2.05, 4.69) is 25.8 Å². The van der Waals surface area contributed by atoms with Gasteiger partial charge in [0.25, 0.3) is 0 Å². The minimum atomic E-state index is -4.53. The molecule has 0 radical (unpaired) electrons. The molecule has 3 rings (SSSR count). The van der Waals surface area contributed by atoms with E-state index >= 15 is 0 Å². The number of hydrogen-bond acceptors (Lipinski definition) is 4. The molecule has 1 aromatic carbocycles. The smallest absolute Gasteiger partial charge is 0.354 e. The first kappa shape index (κ1) is 23.8. The molecule has 0 atom stereocenters. The predicted molar refractivity (Wildman–Crippen MR) is 115 cm³/mol. The lowest BCUT2D eigenvalue weighted by Gasteiger charge is -2.24. The number of anilines is 1. The second kappa shape index (κ2) is 8.60. The number of benzene rings is 1. The Labute approximate surface area is 185 Å². The van der Waals surface area contributed by atoms with E-state index in [9.17, 15) is 21.6 Å². The summed E-state index contributed by atoms with van der Waals surface area (Å²) in [5.74, 6) is 0.225. The Balaban J connectivity index is 1.76. The van der Waals surface area contributed by atoms with Crippen molar-refractivity contribution in [2.75, 3.05) is 31.1 Å². The van der Waals surface area contributed by atoms with Crippen molar-refractivity contribution in [3.05, 3.63) is 52.7 Å². The SMILES string of the molecule is CC(C)(C)c1ccc(S(=O)(=O)N2CCCN(c3ncc(C(F)(F)F)cc3Cl)CC2)cc1. The van der Waals surface area contributed by atoms with Crippen molar-refractivity contribution in [3.8, 4) is 0 Å². The molecule has 10 heteroatoms. The van der Waals surface area contributed by atoms with Crippen molar-refractivity contribution in [2.45, 2.75) is 43.7 Å². The van der Waals surface area contributed by atoms with E-state index in [0.29, 0.717) is 19.5 Å². The third-order valence-electron chi connectivity index (χ3n) is 5.26. The van der Waals surface area contributed by atoms with Crippen molar-refractivity contribution in [3.63, 3.8) is 0 Å². The Morgan fingerprint density at radius 3 is 2.16 bits per heavy atom. The van der Waals surface area contributed by atoms with E-state index in [4.69, 9.17) is 11.6 Å². The zero-order valence-electron chi connectivity index (χ0n) is 17.6. The maximum Gasteiger partial charge on any atom is 0.417 e. The summed E-state index contributed by atoms with van der Waals surface area (Å²) in [4.78, 5) is 5.84. The highest BCUT2D eigenvalue weighted by Gasteiger charge is 2.33. The Hall–Kier alpha value is -1.84. The molecule has 0 N–H and O–H groups in total. The first-order chi connectivity index (χ1) is 14.3. The standard InChI is InChI=1S/C21H25ClF3N3O2S/c1-20(2,3)15-5-7-17(8-6-15)31(29,30)28-10-4-9-27(11-12-28)19-18(22)13-16(14-26-19)21(23,24)25/h5-8,13-14H,4,9-12H2,1-3H3. The van der Waals surface area contributed by atoms with Crippen LogP contribution in [0, 0.1) is 0 Å². The first-order valence-corrected chi connectivity index (χ1v) is 11.7. The Bertz CT molecular complexity index is 1040. The molecule has 2 heterocycles. The van der Waals surface area contributed by atoms with Gasteiger partial charge in [0.15, 0.2) is 0 Å². The summed E-state index contributed by atoms with van der Waals surface area (Å²) in [6.07, 6.45) is -3.28. The lowest BCUT2D eigenvalue weighted by atomic mass is 9.87. The highest BCUT2D eigenvalue weighted by Crippen LogP contribution is 2.34. The van der Waals surface area contributed by atoms with Crippen molar-refractivity contribution in [1.82, 2.24) is 9.29 Å². The van der Waals surface area contributed by atoms with Gasteiger partial charge in [0.1, 0.15) is 5.82 Å². The van der Waals surface area contributed by atoms with Crippen LogP contribution >= 0.6 is 11.6 Å². The molecule has 1 saturated heterocycles. The molecule has 5 nitrogen and oxygen atoms in total. The molecule has 0 bridgehead atoms. The normalized spacial score (nSPS) is 16.9. The van der Waals surface area contributed by atoms with Gasteiger partial charge in [-0.3, -0.25) is 0 Å². The summed E-state index contributed by atoms with van der Waals surface area (Å²) in [5.41, 5.74) is 0.0368. The van der Waals surface area contributed by atoms with Crippen molar-refractivity contribution in [1.29, 1.82) is 0 Å². The summed E-state index contributed by atoms with van der Waals surface area (Å²) >= 11 is 6.06. The van der Waals surface area contributed by atoms with Gasteiger partial charge in [-0.25, -0.2) is 13.4 Å². The zero-order valence-corrected chi connectivity index (χ0v) is 19.2. The molecule has 0 spiro atoms. The maximum absolute atomic E-state index is 13.1. The van der Waals surface area contributed by atoms with E-state index < -0.39 is 21.8 Å². The number of rotatable bonds is 3. The van der Waals surface area contributed by atoms with Crippen LogP contribution in [0.15, 0.2) is 41.4 Å². The summed E-state index contributed by atoms with van der Waals surface area (Å²) < 4.78 is 66.2. The lowest BCUT2D eigenvalue weighted by molar-refractivity contribution is -0.137. The average Bonchev–Trinajstić information content (AvgIpc) is 2.93. The fourth-order valence-corrected chi connectivity index (χ4v) is 5.20. The Morgan fingerprint density at radius 2 is 1.61 bits per heavy atom.